The lowest BCUT2D eigenvalue weighted by Gasteiger charge is -2.05. The average Bonchev–Trinajstić information content (AvgIpc) is 3.25. The first-order valence-electron chi connectivity index (χ1n) is 14.5. The molecule has 1 aliphatic carbocycles. The molecule has 0 unspecified atom stereocenters. The topological polar surface area (TPSA) is 63.2 Å². The predicted octanol–water partition coefficient (Wildman–Crippen LogP) is 10.1. The smallest absolute Gasteiger partial charge is 0.241 e. The Bertz CT molecular complexity index is 1050. The van der Waals surface area contributed by atoms with Crippen LogP contribution < -0.4 is 4.72 Å². The number of carbonyl (C=O) groups is 1. The molecule has 230 valence electrons. The summed E-state index contributed by atoms with van der Waals surface area (Å²) in [6, 6.07) is 14.8. The molecule has 0 amide bonds. The number of aryl methyl sites for hydroxylation is 1. The maximum Gasteiger partial charge on any atom is 0.241 e. The lowest BCUT2D eigenvalue weighted by molar-refractivity contribution is 0.0994. The summed E-state index contributed by atoms with van der Waals surface area (Å²) in [5.41, 5.74) is 4.50. The number of ketones is 1. The van der Waals surface area contributed by atoms with Crippen molar-refractivity contribution in [2.75, 3.05) is 0 Å². The Morgan fingerprint density at radius 1 is 0.625 bits per heavy atom. The zero-order valence-electron chi connectivity index (χ0n) is 28.5. The molecule has 2 aliphatic rings. The highest BCUT2D eigenvalue weighted by Gasteiger charge is 2.23. The number of carbonyl (C=O) groups excluding carboxylic acids is 1. The van der Waals surface area contributed by atoms with E-state index < -0.39 is 10.0 Å². The largest absolute Gasteiger partial charge is 0.294 e. The monoisotopic (exact) mass is 575 g/mol. The van der Waals surface area contributed by atoms with Gasteiger partial charge in [0.1, 0.15) is 0 Å². The van der Waals surface area contributed by atoms with Gasteiger partial charge in [-0.2, -0.15) is 0 Å². The van der Waals surface area contributed by atoms with E-state index in [9.17, 15) is 13.2 Å². The second-order valence-corrected chi connectivity index (χ2v) is 17.5. The van der Waals surface area contributed by atoms with Crippen LogP contribution in [-0.2, 0) is 23.0 Å². The highest BCUT2D eigenvalue weighted by Crippen LogP contribution is 2.21. The van der Waals surface area contributed by atoms with Gasteiger partial charge in [-0.15, -0.1) is 0 Å². The van der Waals surface area contributed by atoms with Crippen molar-refractivity contribution in [1.82, 2.24) is 4.72 Å². The third-order valence-corrected chi connectivity index (χ3v) is 5.16. The van der Waals surface area contributed by atoms with Crippen LogP contribution in [0.2, 0.25) is 0 Å². The minimum atomic E-state index is -3.16. The molecule has 1 N–H and O–H groups in total. The molecule has 2 aromatic carbocycles. The molecular formula is C35H61NO3S. The van der Waals surface area contributed by atoms with Crippen LogP contribution in [0.25, 0.3) is 0 Å². The van der Waals surface area contributed by atoms with Crippen LogP contribution in [0.3, 0.4) is 0 Å². The SMILES string of the molecule is CC(C)(C)C.CC(C)(C)C.CC(C)(C)C.CC(C)C.O=C1CCc2ccccc21.O=S1(=O)NCc2ccccc21. The molecule has 0 saturated heterocycles. The molecule has 40 heavy (non-hydrogen) atoms. The minimum Gasteiger partial charge on any atom is -0.294 e. The van der Waals surface area contributed by atoms with Crippen molar-refractivity contribution in [3.8, 4) is 0 Å². The van der Waals surface area contributed by atoms with Gasteiger partial charge in [-0.25, -0.2) is 13.1 Å². The molecule has 0 spiro atoms. The number of hydrogen-bond acceptors (Lipinski definition) is 3. The zero-order valence-corrected chi connectivity index (χ0v) is 29.3. The first kappa shape index (κ1) is 40.2. The molecule has 4 rings (SSSR count). The summed E-state index contributed by atoms with van der Waals surface area (Å²) in [4.78, 5) is 11.5. The maximum absolute atomic E-state index is 11.1. The quantitative estimate of drug-likeness (QED) is 0.340. The number of hydrogen-bond donors (Lipinski definition) is 1. The third-order valence-electron chi connectivity index (χ3n) is 3.65. The summed E-state index contributed by atoms with van der Waals surface area (Å²) in [6.45, 7) is 33.2. The number of rotatable bonds is 0. The summed E-state index contributed by atoms with van der Waals surface area (Å²) < 4.78 is 24.7. The zero-order chi connectivity index (χ0) is 31.9. The van der Waals surface area contributed by atoms with Crippen molar-refractivity contribution in [2.24, 2.45) is 22.2 Å². The van der Waals surface area contributed by atoms with Gasteiger partial charge >= 0.3 is 0 Å². The molecule has 4 nitrogen and oxygen atoms in total. The predicted molar refractivity (Wildman–Crippen MR) is 175 cm³/mol. The fraction of sp³-hybridized carbons (Fsp3) is 0.629. The molecule has 1 aliphatic heterocycles. The summed E-state index contributed by atoms with van der Waals surface area (Å²) in [6.07, 6.45) is 1.65. The average molecular weight is 576 g/mol. The van der Waals surface area contributed by atoms with Crippen molar-refractivity contribution in [2.45, 2.75) is 128 Å². The van der Waals surface area contributed by atoms with Gasteiger partial charge in [-0.1, -0.05) is 146 Å². The van der Waals surface area contributed by atoms with Gasteiger partial charge in [-0.3, -0.25) is 4.79 Å². The van der Waals surface area contributed by atoms with Crippen LogP contribution in [0.5, 0.6) is 0 Å². The number of Topliss-reactive ketones (excluding diaryl/α,β-unsaturated/α-hetero) is 1. The van der Waals surface area contributed by atoms with Gasteiger partial charge in [0.05, 0.1) is 4.90 Å². The summed E-state index contributed by atoms with van der Waals surface area (Å²) in [5, 5.41) is 0. The molecule has 2 aromatic rings. The fourth-order valence-corrected chi connectivity index (χ4v) is 3.80. The van der Waals surface area contributed by atoms with Crippen LogP contribution in [0, 0.1) is 22.2 Å². The molecule has 0 saturated carbocycles. The number of benzene rings is 2. The van der Waals surface area contributed by atoms with Crippen molar-refractivity contribution < 1.29 is 13.2 Å². The van der Waals surface area contributed by atoms with E-state index in [1.807, 2.05) is 36.4 Å². The lowest BCUT2D eigenvalue weighted by Crippen LogP contribution is -2.13. The molecule has 0 fully saturated rings. The van der Waals surface area contributed by atoms with E-state index in [1.165, 1.54) is 5.56 Å². The standard InChI is InChI=1S/C9H8O.C7H7NO2S.3C5H12.C4H10/c10-9-6-5-7-3-1-2-4-8(7)9;9-11(10)7-4-2-1-3-6(7)5-8-11;3*1-5(2,3)4;1-4(2)3/h1-4H,5-6H2;1-4,8H,5H2;3*1-4H3;4H,1-3H3. The summed E-state index contributed by atoms with van der Waals surface area (Å²) in [7, 11) is -3.16. The van der Waals surface area contributed by atoms with E-state index in [0.717, 1.165) is 23.5 Å². The second kappa shape index (κ2) is 17.7. The molecule has 0 aromatic heterocycles. The van der Waals surface area contributed by atoms with E-state index in [4.69, 9.17) is 0 Å². The Balaban J connectivity index is 0. The Kier molecular flexibility index (Phi) is 17.8. The highest BCUT2D eigenvalue weighted by molar-refractivity contribution is 7.89. The van der Waals surface area contributed by atoms with E-state index >= 15 is 0 Å². The van der Waals surface area contributed by atoms with Crippen molar-refractivity contribution in [3.05, 3.63) is 65.2 Å². The van der Waals surface area contributed by atoms with Crippen molar-refractivity contribution >= 4 is 15.8 Å². The minimum absolute atomic E-state index is 0.301. The Labute approximate surface area is 248 Å². The first-order chi connectivity index (χ1) is 17.8. The van der Waals surface area contributed by atoms with Gasteiger partial charge in [-0.05, 0) is 45.8 Å². The van der Waals surface area contributed by atoms with Gasteiger partial charge in [0, 0.05) is 18.5 Å². The van der Waals surface area contributed by atoms with Crippen LogP contribution in [0.1, 0.15) is 132 Å². The number of nitrogens with one attached hydrogen (secondary N) is 1. The third kappa shape index (κ3) is 26.3. The van der Waals surface area contributed by atoms with Crippen LogP contribution in [0.4, 0.5) is 0 Å². The van der Waals surface area contributed by atoms with E-state index in [1.54, 1.807) is 12.1 Å². The van der Waals surface area contributed by atoms with Gasteiger partial charge in [0.15, 0.2) is 5.78 Å². The molecule has 0 bridgehead atoms. The van der Waals surface area contributed by atoms with E-state index in [-0.39, 0.29) is 0 Å². The lowest BCUT2D eigenvalue weighted by atomic mass is 10.0. The molecule has 1 heterocycles. The van der Waals surface area contributed by atoms with Gasteiger partial charge in [0.25, 0.3) is 0 Å². The second-order valence-electron chi connectivity index (χ2n) is 15.7. The van der Waals surface area contributed by atoms with E-state index in [0.29, 0.717) is 39.9 Å². The van der Waals surface area contributed by atoms with E-state index in [2.05, 4.69) is 109 Å². The fourth-order valence-electron chi connectivity index (χ4n) is 2.56. The summed E-state index contributed by atoms with van der Waals surface area (Å²) in [5.74, 6) is 1.13. The Hall–Kier alpha value is -1.98. The summed E-state index contributed by atoms with van der Waals surface area (Å²) >= 11 is 0. The molecule has 5 heteroatoms. The van der Waals surface area contributed by atoms with Crippen molar-refractivity contribution in [1.29, 1.82) is 0 Å². The van der Waals surface area contributed by atoms with Crippen LogP contribution >= 0.6 is 0 Å². The molecular weight excluding hydrogens is 514 g/mol. The van der Waals surface area contributed by atoms with Crippen LogP contribution in [0.15, 0.2) is 53.4 Å². The van der Waals surface area contributed by atoms with Gasteiger partial charge < -0.3 is 0 Å². The highest BCUT2D eigenvalue weighted by atomic mass is 32.2. The molecule has 0 atom stereocenters. The normalized spacial score (nSPS) is 14.7. The first-order valence-corrected chi connectivity index (χ1v) is 16.0. The van der Waals surface area contributed by atoms with Crippen molar-refractivity contribution in [3.63, 3.8) is 0 Å². The van der Waals surface area contributed by atoms with Gasteiger partial charge in [0.2, 0.25) is 10.0 Å². The molecule has 0 radical (unpaired) electrons. The number of fused-ring (bicyclic) bond motifs is 2. The Morgan fingerprint density at radius 3 is 1.35 bits per heavy atom. The Morgan fingerprint density at radius 2 is 0.975 bits per heavy atom. The number of sulfonamides is 1. The van der Waals surface area contributed by atoms with Crippen LogP contribution in [-0.4, -0.2) is 14.2 Å². The maximum atomic E-state index is 11.1.